The number of rotatable bonds is 0. The molecule has 1 aromatic heterocycles. The van der Waals surface area contributed by atoms with Gasteiger partial charge in [-0.2, -0.15) is 5.26 Å². The predicted octanol–water partition coefficient (Wildman–Crippen LogP) is 0.857. The molecule has 3 heteroatoms. The van der Waals surface area contributed by atoms with Crippen LogP contribution < -0.4 is 0 Å². The van der Waals surface area contributed by atoms with Gasteiger partial charge in [-0.25, -0.2) is 0 Å². The lowest BCUT2D eigenvalue weighted by Gasteiger charge is -1.74. The van der Waals surface area contributed by atoms with Gasteiger partial charge in [0, 0.05) is 0 Å². The minimum Gasteiger partial charge on any atom is -0.504 e. The number of furan rings is 1. The maximum absolute atomic E-state index is 8.63. The molecule has 0 aliphatic heterocycles. The maximum Gasteiger partial charge on any atom is 0.171 e. The molecule has 0 bridgehead atoms. The van der Waals surface area contributed by atoms with Crippen molar-refractivity contribution < 1.29 is 9.52 Å². The summed E-state index contributed by atoms with van der Waals surface area (Å²) in [7, 11) is 0. The van der Waals surface area contributed by atoms with E-state index in [9.17, 15) is 0 Å². The highest BCUT2D eigenvalue weighted by atomic mass is 16.3. The van der Waals surface area contributed by atoms with Gasteiger partial charge in [-0.05, 0) is 0 Å². The molecule has 0 saturated carbocycles. The molecule has 0 fully saturated rings. The van der Waals surface area contributed by atoms with Crippen LogP contribution in [0.4, 0.5) is 0 Å². The van der Waals surface area contributed by atoms with E-state index >= 15 is 0 Å². The molecule has 0 atom stereocenters. The van der Waals surface area contributed by atoms with Gasteiger partial charge in [0.05, 0.1) is 0 Å². The zero-order valence-electron chi connectivity index (χ0n) is 3.96. The molecule has 3 nitrogen and oxygen atoms in total. The van der Waals surface area contributed by atoms with Gasteiger partial charge >= 0.3 is 0 Å². The fourth-order valence-corrected chi connectivity index (χ4v) is 0.374. The van der Waals surface area contributed by atoms with Gasteiger partial charge < -0.3 is 9.52 Å². The van der Waals surface area contributed by atoms with E-state index in [4.69, 9.17) is 10.4 Å². The highest BCUT2D eigenvalue weighted by Crippen LogP contribution is 2.14. The van der Waals surface area contributed by atoms with E-state index in [0.717, 1.165) is 6.26 Å². The Morgan fingerprint density at radius 3 is 2.62 bits per heavy atom. The van der Waals surface area contributed by atoms with Crippen molar-refractivity contribution in [3.05, 3.63) is 18.1 Å². The summed E-state index contributed by atoms with van der Waals surface area (Å²) in [5, 5.41) is 16.8. The van der Waals surface area contributed by atoms with E-state index in [1.807, 2.05) is 0 Å². The summed E-state index contributed by atoms with van der Waals surface area (Å²) in [5.74, 6) is -0.104. The molecule has 0 amide bonds. The summed E-state index contributed by atoms with van der Waals surface area (Å²) < 4.78 is 4.46. The van der Waals surface area contributed by atoms with Gasteiger partial charge in [-0.1, -0.05) is 0 Å². The van der Waals surface area contributed by atoms with Crippen LogP contribution >= 0.6 is 0 Å². The first-order chi connectivity index (χ1) is 3.84. The molecule has 1 rings (SSSR count). The Labute approximate surface area is 45.8 Å². The van der Waals surface area contributed by atoms with Crippen LogP contribution in [0.5, 0.6) is 5.75 Å². The standard InChI is InChI=1S/C5H3NO2/c6-1-4-2-8-3-5(4)7/h2-3,7H. The average Bonchev–Trinajstić information content (AvgIpc) is 2.14. The zero-order chi connectivity index (χ0) is 5.98. The Morgan fingerprint density at radius 2 is 2.38 bits per heavy atom. The van der Waals surface area contributed by atoms with Crippen molar-refractivity contribution >= 4 is 0 Å². The van der Waals surface area contributed by atoms with Gasteiger partial charge in [0.2, 0.25) is 0 Å². The molecule has 0 spiro atoms. The first kappa shape index (κ1) is 4.72. The largest absolute Gasteiger partial charge is 0.504 e. The second-order valence-electron chi connectivity index (χ2n) is 1.28. The highest BCUT2D eigenvalue weighted by molar-refractivity contribution is 5.37. The molecule has 1 N–H and O–H groups in total. The van der Waals surface area contributed by atoms with Gasteiger partial charge in [0.25, 0.3) is 0 Å². The Balaban J connectivity index is 3.15. The monoisotopic (exact) mass is 109 g/mol. The summed E-state index contributed by atoms with van der Waals surface area (Å²) in [6, 6.07) is 1.73. The average molecular weight is 109 g/mol. The maximum atomic E-state index is 8.63. The van der Waals surface area contributed by atoms with Gasteiger partial charge in [0.15, 0.2) is 5.75 Å². The van der Waals surface area contributed by atoms with Crippen molar-refractivity contribution in [2.24, 2.45) is 0 Å². The van der Waals surface area contributed by atoms with Crippen molar-refractivity contribution in [2.45, 2.75) is 0 Å². The molecule has 40 valence electrons. The molecular formula is C5H3NO2. The second-order valence-corrected chi connectivity index (χ2v) is 1.28. The van der Waals surface area contributed by atoms with E-state index in [1.165, 1.54) is 6.26 Å². The summed E-state index contributed by atoms with van der Waals surface area (Å²) in [4.78, 5) is 0. The summed E-state index contributed by atoms with van der Waals surface area (Å²) in [6.45, 7) is 0. The molecule has 0 aliphatic carbocycles. The van der Waals surface area contributed by atoms with Crippen LogP contribution in [0.1, 0.15) is 5.56 Å². The Hall–Kier alpha value is -1.43. The van der Waals surface area contributed by atoms with Crippen LogP contribution in [0, 0.1) is 11.3 Å². The van der Waals surface area contributed by atoms with Gasteiger partial charge in [0.1, 0.15) is 24.2 Å². The van der Waals surface area contributed by atoms with Crippen molar-refractivity contribution in [3.63, 3.8) is 0 Å². The third kappa shape index (κ3) is 0.521. The van der Waals surface area contributed by atoms with E-state index in [0.29, 0.717) is 0 Å². The van der Waals surface area contributed by atoms with Crippen LogP contribution in [0.15, 0.2) is 16.9 Å². The summed E-state index contributed by atoms with van der Waals surface area (Å²) in [6.07, 6.45) is 2.30. The highest BCUT2D eigenvalue weighted by Gasteiger charge is 1.98. The summed E-state index contributed by atoms with van der Waals surface area (Å²) in [5.41, 5.74) is 0.171. The number of nitriles is 1. The number of aromatic hydroxyl groups is 1. The number of hydrogen-bond donors (Lipinski definition) is 1. The van der Waals surface area contributed by atoms with Crippen molar-refractivity contribution in [2.75, 3.05) is 0 Å². The van der Waals surface area contributed by atoms with Crippen LogP contribution in [0.2, 0.25) is 0 Å². The fraction of sp³-hybridized carbons (Fsp3) is 0. The fourth-order valence-electron chi connectivity index (χ4n) is 0.374. The van der Waals surface area contributed by atoms with Crippen molar-refractivity contribution in [1.29, 1.82) is 5.26 Å². The smallest absolute Gasteiger partial charge is 0.171 e. The molecule has 0 aliphatic rings. The SMILES string of the molecule is N#Cc1cocc1O. The predicted molar refractivity (Wildman–Crippen MR) is 25.1 cm³/mol. The van der Waals surface area contributed by atoms with E-state index in [1.54, 1.807) is 6.07 Å². The molecule has 8 heavy (non-hydrogen) atoms. The molecule has 0 radical (unpaired) electrons. The van der Waals surface area contributed by atoms with Crippen molar-refractivity contribution in [3.8, 4) is 11.8 Å². The number of hydrogen-bond acceptors (Lipinski definition) is 3. The van der Waals surface area contributed by atoms with Crippen LogP contribution in [0.25, 0.3) is 0 Å². The minimum absolute atomic E-state index is 0.104. The van der Waals surface area contributed by atoms with Crippen LogP contribution in [0.3, 0.4) is 0 Å². The normalized spacial score (nSPS) is 8.38. The molecular weight excluding hydrogens is 106 g/mol. The quantitative estimate of drug-likeness (QED) is 0.537. The van der Waals surface area contributed by atoms with Crippen LogP contribution in [-0.2, 0) is 0 Å². The first-order valence-electron chi connectivity index (χ1n) is 2.00. The third-order valence-electron chi connectivity index (χ3n) is 0.762. The first-order valence-corrected chi connectivity index (χ1v) is 2.00. The van der Waals surface area contributed by atoms with E-state index in [-0.39, 0.29) is 11.3 Å². The zero-order valence-corrected chi connectivity index (χ0v) is 3.96. The van der Waals surface area contributed by atoms with E-state index in [2.05, 4.69) is 4.42 Å². The lowest BCUT2D eigenvalue weighted by atomic mass is 10.4. The summed E-state index contributed by atoms with van der Waals surface area (Å²) >= 11 is 0. The van der Waals surface area contributed by atoms with Gasteiger partial charge in [-0.3, -0.25) is 0 Å². The Bertz CT molecular complexity index is 221. The number of nitrogens with zero attached hydrogens (tertiary/aromatic N) is 1. The second kappa shape index (κ2) is 1.58. The lowest BCUT2D eigenvalue weighted by molar-refractivity contribution is 0.457. The molecule has 0 unspecified atom stereocenters. The Kier molecular flexibility index (Phi) is 0.935. The van der Waals surface area contributed by atoms with Crippen molar-refractivity contribution in [1.82, 2.24) is 0 Å². The molecule has 0 saturated heterocycles. The van der Waals surface area contributed by atoms with Crippen LogP contribution in [-0.4, -0.2) is 5.11 Å². The molecule has 1 aromatic rings. The molecule has 1 heterocycles. The lowest BCUT2D eigenvalue weighted by Crippen LogP contribution is -1.61. The molecule has 0 aromatic carbocycles. The van der Waals surface area contributed by atoms with E-state index < -0.39 is 0 Å². The Morgan fingerprint density at radius 1 is 1.62 bits per heavy atom. The third-order valence-corrected chi connectivity index (χ3v) is 0.762. The topological polar surface area (TPSA) is 57.2 Å². The van der Waals surface area contributed by atoms with Gasteiger partial charge in [-0.15, -0.1) is 0 Å². The minimum atomic E-state index is -0.104.